The summed E-state index contributed by atoms with van der Waals surface area (Å²) in [4.78, 5) is 31.3. The van der Waals surface area contributed by atoms with Crippen LogP contribution in [0.1, 0.15) is 19.3 Å². The van der Waals surface area contributed by atoms with Gasteiger partial charge < -0.3 is 21.3 Å². The number of nitrogens with two attached hydrogens (primary N) is 1. The van der Waals surface area contributed by atoms with Crippen molar-refractivity contribution in [1.82, 2.24) is 5.32 Å². The highest BCUT2D eigenvalue weighted by atomic mass is 16.4. The second-order valence-electron chi connectivity index (χ2n) is 3.01. The third-order valence-corrected chi connectivity index (χ3v) is 1.67. The van der Waals surface area contributed by atoms with E-state index in [1.807, 2.05) is 0 Å². The van der Waals surface area contributed by atoms with Crippen LogP contribution < -0.4 is 11.1 Å². The van der Waals surface area contributed by atoms with E-state index in [9.17, 15) is 14.4 Å². The van der Waals surface area contributed by atoms with E-state index < -0.39 is 30.4 Å². The van der Waals surface area contributed by atoms with Gasteiger partial charge in [0.15, 0.2) is 0 Å². The van der Waals surface area contributed by atoms with Crippen molar-refractivity contribution in [2.24, 2.45) is 5.73 Å². The summed E-state index contributed by atoms with van der Waals surface area (Å²) in [6.07, 6.45) is 0.586. The molecule has 0 unspecified atom stereocenters. The fraction of sp³-hybridized carbons (Fsp3) is 0.625. The van der Waals surface area contributed by atoms with Crippen molar-refractivity contribution < 1.29 is 24.6 Å². The lowest BCUT2D eigenvalue weighted by Crippen LogP contribution is -2.31. The Hall–Kier alpha value is -1.63. The molecule has 0 saturated carbocycles. The third-order valence-electron chi connectivity index (χ3n) is 1.67. The molecule has 0 rings (SSSR count). The fourth-order valence-electron chi connectivity index (χ4n) is 0.869. The molecule has 0 heterocycles. The lowest BCUT2D eigenvalue weighted by molar-refractivity contribution is -0.138. The predicted molar refractivity (Wildman–Crippen MR) is 50.1 cm³/mol. The minimum atomic E-state index is -1.12. The number of nitrogens with one attached hydrogen (secondary N) is 1. The Morgan fingerprint density at radius 3 is 2.33 bits per heavy atom. The second kappa shape index (κ2) is 6.77. The lowest BCUT2D eigenvalue weighted by atomic mass is 10.1. The monoisotopic (exact) mass is 218 g/mol. The standard InChI is InChI=1S/C8H14N2O5/c9-5(8(14)15)2-1-3-6(11)10-4-7(12)13/h5H,1-4,9H2,(H,10,11)(H,12,13)(H,14,15)/t5-/m0/s1. The minimum absolute atomic E-state index is 0.0776. The summed E-state index contributed by atoms with van der Waals surface area (Å²) in [7, 11) is 0. The summed E-state index contributed by atoms with van der Waals surface area (Å²) in [5.41, 5.74) is 5.20. The average molecular weight is 218 g/mol. The first-order chi connectivity index (χ1) is 6.93. The fourth-order valence-corrected chi connectivity index (χ4v) is 0.869. The molecule has 0 aromatic carbocycles. The van der Waals surface area contributed by atoms with E-state index >= 15 is 0 Å². The summed E-state index contributed by atoms with van der Waals surface area (Å²) >= 11 is 0. The van der Waals surface area contributed by atoms with Gasteiger partial charge in [-0.25, -0.2) is 0 Å². The number of carboxylic acid groups (broad SMARTS) is 2. The Balaban J connectivity index is 3.55. The van der Waals surface area contributed by atoms with Gasteiger partial charge in [-0.2, -0.15) is 0 Å². The van der Waals surface area contributed by atoms with Gasteiger partial charge in [-0.15, -0.1) is 0 Å². The van der Waals surface area contributed by atoms with Gasteiger partial charge in [0.25, 0.3) is 0 Å². The molecule has 0 bridgehead atoms. The van der Waals surface area contributed by atoms with Gasteiger partial charge in [0.1, 0.15) is 12.6 Å². The maximum absolute atomic E-state index is 10.9. The topological polar surface area (TPSA) is 130 Å². The van der Waals surface area contributed by atoms with E-state index in [4.69, 9.17) is 15.9 Å². The number of hydrogen-bond donors (Lipinski definition) is 4. The zero-order valence-corrected chi connectivity index (χ0v) is 8.10. The van der Waals surface area contributed by atoms with Crippen molar-refractivity contribution in [2.75, 3.05) is 6.54 Å². The van der Waals surface area contributed by atoms with Crippen molar-refractivity contribution in [1.29, 1.82) is 0 Å². The van der Waals surface area contributed by atoms with Crippen molar-refractivity contribution in [2.45, 2.75) is 25.3 Å². The lowest BCUT2D eigenvalue weighted by Gasteiger charge is -2.05. The highest BCUT2D eigenvalue weighted by molar-refractivity contribution is 5.81. The molecule has 1 atom stereocenters. The van der Waals surface area contributed by atoms with Crippen LogP contribution in [0, 0.1) is 0 Å². The quantitative estimate of drug-likeness (QED) is 0.423. The maximum atomic E-state index is 10.9. The molecule has 0 fully saturated rings. The second-order valence-corrected chi connectivity index (χ2v) is 3.01. The van der Waals surface area contributed by atoms with Gasteiger partial charge in [0.2, 0.25) is 5.91 Å². The Morgan fingerprint density at radius 2 is 1.87 bits per heavy atom. The zero-order valence-electron chi connectivity index (χ0n) is 8.10. The molecular formula is C8H14N2O5. The van der Waals surface area contributed by atoms with E-state index in [-0.39, 0.29) is 12.8 Å². The largest absolute Gasteiger partial charge is 0.480 e. The maximum Gasteiger partial charge on any atom is 0.322 e. The number of carbonyl (C=O) groups is 3. The molecule has 15 heavy (non-hydrogen) atoms. The van der Waals surface area contributed by atoms with Crippen LogP contribution in [-0.2, 0) is 14.4 Å². The smallest absolute Gasteiger partial charge is 0.322 e. The average Bonchev–Trinajstić information content (AvgIpc) is 2.14. The summed E-state index contributed by atoms with van der Waals surface area (Å²) in [5, 5.41) is 18.8. The molecular weight excluding hydrogens is 204 g/mol. The molecule has 0 aliphatic rings. The van der Waals surface area contributed by atoms with Gasteiger partial charge in [-0.1, -0.05) is 0 Å². The van der Waals surface area contributed by atoms with Crippen LogP contribution in [0.15, 0.2) is 0 Å². The SMILES string of the molecule is N[C@@H](CCCC(=O)NCC(=O)O)C(=O)O. The molecule has 1 amide bonds. The van der Waals surface area contributed by atoms with Crippen LogP contribution in [0.2, 0.25) is 0 Å². The first-order valence-electron chi connectivity index (χ1n) is 4.40. The molecule has 0 saturated heterocycles. The van der Waals surface area contributed by atoms with Gasteiger partial charge in [0, 0.05) is 6.42 Å². The summed E-state index contributed by atoms with van der Waals surface area (Å²) in [6.45, 7) is -0.427. The van der Waals surface area contributed by atoms with Gasteiger partial charge >= 0.3 is 11.9 Å². The van der Waals surface area contributed by atoms with Crippen molar-refractivity contribution in [3.05, 3.63) is 0 Å². The van der Waals surface area contributed by atoms with Gasteiger partial charge in [-0.3, -0.25) is 14.4 Å². The van der Waals surface area contributed by atoms with Crippen LogP contribution in [0.3, 0.4) is 0 Å². The minimum Gasteiger partial charge on any atom is -0.480 e. The van der Waals surface area contributed by atoms with E-state index in [1.165, 1.54) is 0 Å². The van der Waals surface area contributed by atoms with Gasteiger partial charge in [0.05, 0.1) is 0 Å². The first-order valence-corrected chi connectivity index (χ1v) is 4.40. The van der Waals surface area contributed by atoms with Crippen molar-refractivity contribution >= 4 is 17.8 Å². The van der Waals surface area contributed by atoms with Gasteiger partial charge in [-0.05, 0) is 12.8 Å². The zero-order chi connectivity index (χ0) is 11.8. The van der Waals surface area contributed by atoms with Crippen molar-refractivity contribution in [3.63, 3.8) is 0 Å². The number of amides is 1. The van der Waals surface area contributed by atoms with Crippen LogP contribution in [0.4, 0.5) is 0 Å². The Kier molecular flexibility index (Phi) is 6.03. The van der Waals surface area contributed by atoms with Crippen LogP contribution >= 0.6 is 0 Å². The third kappa shape index (κ3) is 7.44. The number of carboxylic acids is 2. The highest BCUT2D eigenvalue weighted by Gasteiger charge is 2.11. The van der Waals surface area contributed by atoms with Crippen molar-refractivity contribution in [3.8, 4) is 0 Å². The Labute approximate surface area is 86.3 Å². The molecule has 0 aromatic rings. The molecule has 7 nitrogen and oxygen atoms in total. The molecule has 0 aliphatic heterocycles. The molecule has 0 aromatic heterocycles. The summed E-state index contributed by atoms with van der Waals surface area (Å²) < 4.78 is 0. The number of aliphatic carboxylic acids is 2. The summed E-state index contributed by atoms with van der Waals surface area (Å²) in [5.74, 6) is -2.65. The van der Waals surface area contributed by atoms with Crippen LogP contribution in [0.5, 0.6) is 0 Å². The number of rotatable bonds is 7. The van der Waals surface area contributed by atoms with E-state index in [0.29, 0.717) is 6.42 Å². The molecule has 86 valence electrons. The van der Waals surface area contributed by atoms with E-state index in [0.717, 1.165) is 0 Å². The Bertz CT molecular complexity index is 253. The normalized spacial score (nSPS) is 11.8. The molecule has 0 radical (unpaired) electrons. The molecule has 5 N–H and O–H groups in total. The molecule has 0 spiro atoms. The Morgan fingerprint density at radius 1 is 1.27 bits per heavy atom. The van der Waals surface area contributed by atoms with E-state index in [1.54, 1.807) is 0 Å². The van der Waals surface area contributed by atoms with Crippen LogP contribution in [0.25, 0.3) is 0 Å². The highest BCUT2D eigenvalue weighted by Crippen LogP contribution is 1.98. The number of hydrogen-bond acceptors (Lipinski definition) is 4. The summed E-state index contributed by atoms with van der Waals surface area (Å²) in [6, 6.07) is -0.975. The van der Waals surface area contributed by atoms with Crippen LogP contribution in [-0.4, -0.2) is 40.6 Å². The number of carbonyl (C=O) groups excluding carboxylic acids is 1. The molecule has 7 heteroatoms. The first kappa shape index (κ1) is 13.4. The molecule has 0 aliphatic carbocycles. The van der Waals surface area contributed by atoms with E-state index in [2.05, 4.69) is 5.32 Å². The predicted octanol–water partition coefficient (Wildman–Crippen LogP) is -1.23.